The molecule has 0 heterocycles. The molecule has 4 bridgehead atoms. The summed E-state index contributed by atoms with van der Waals surface area (Å²) < 4.78 is 60.6. The highest BCUT2D eigenvalue weighted by Crippen LogP contribution is 2.55. The van der Waals surface area contributed by atoms with Crippen LogP contribution in [-0.2, 0) is 24.3 Å². The number of nitrogens with one attached hydrogen (secondary N) is 1. The van der Waals surface area contributed by atoms with Crippen LogP contribution in [0, 0.1) is 17.8 Å². The molecule has 5 rings (SSSR count). The Labute approximate surface area is 173 Å². The van der Waals surface area contributed by atoms with Gasteiger partial charge in [-0.15, -0.1) is 0 Å². The third-order valence-corrected chi connectivity index (χ3v) is 7.87. The molecule has 2 atom stereocenters. The molecular formula is C21H23F2NO5S. The van der Waals surface area contributed by atoms with E-state index in [9.17, 15) is 26.8 Å². The molecule has 2 unspecified atom stereocenters. The number of benzene rings is 1. The number of hydrogen-bond acceptors (Lipinski definition) is 5. The molecule has 1 N–H and O–H groups in total. The number of Topliss-reactive ketones (excluding diaryl/α,β-unsaturated/α-hetero) is 1. The number of carbonyl (C=O) groups is 2. The molecule has 4 fully saturated rings. The highest BCUT2D eigenvalue weighted by molar-refractivity contribution is 7.89. The summed E-state index contributed by atoms with van der Waals surface area (Å²) in [5, 5.41) is 0. The van der Waals surface area contributed by atoms with E-state index in [-0.39, 0.29) is 41.3 Å². The number of carbonyl (C=O) groups excluding carboxylic acids is 2. The Hall–Kier alpha value is -2.13. The van der Waals surface area contributed by atoms with Gasteiger partial charge in [0, 0.05) is 11.8 Å². The van der Waals surface area contributed by atoms with Gasteiger partial charge in [-0.2, -0.15) is 8.78 Å². The van der Waals surface area contributed by atoms with E-state index in [2.05, 4.69) is 6.58 Å². The average Bonchev–Trinajstić information content (AvgIpc) is 2.69. The number of ketones is 1. The second-order valence-electron chi connectivity index (χ2n) is 8.62. The molecule has 1 aromatic rings. The van der Waals surface area contributed by atoms with Crippen molar-refractivity contribution < 1.29 is 31.5 Å². The summed E-state index contributed by atoms with van der Waals surface area (Å²) >= 11 is 0. The van der Waals surface area contributed by atoms with Crippen molar-refractivity contribution in [2.45, 2.75) is 48.5 Å². The molecule has 6 nitrogen and oxygen atoms in total. The molecule has 0 saturated heterocycles. The van der Waals surface area contributed by atoms with E-state index in [0.29, 0.717) is 12.0 Å². The average molecular weight is 439 g/mol. The smallest absolute Gasteiger partial charge is 0.378 e. The van der Waals surface area contributed by atoms with E-state index >= 15 is 0 Å². The lowest BCUT2D eigenvalue weighted by molar-refractivity contribution is -0.208. The maximum Gasteiger partial charge on any atom is 0.378 e. The molecule has 4 saturated carbocycles. The molecule has 0 amide bonds. The first-order valence-corrected chi connectivity index (χ1v) is 11.4. The van der Waals surface area contributed by atoms with E-state index in [1.807, 2.05) is 0 Å². The number of halogens is 2. The number of sulfonamides is 1. The topological polar surface area (TPSA) is 89.5 Å². The fourth-order valence-electron chi connectivity index (χ4n) is 5.20. The number of hydrogen-bond donors (Lipinski definition) is 1. The molecule has 1 aromatic carbocycles. The van der Waals surface area contributed by atoms with Crippen LogP contribution in [0.1, 0.15) is 37.7 Å². The Bertz CT molecular complexity index is 971. The maximum atomic E-state index is 14.5. The minimum atomic E-state index is -4.23. The van der Waals surface area contributed by atoms with Gasteiger partial charge in [0.25, 0.3) is 0 Å². The van der Waals surface area contributed by atoms with Gasteiger partial charge >= 0.3 is 11.9 Å². The molecule has 162 valence electrons. The largest absolute Gasteiger partial charge is 0.455 e. The summed E-state index contributed by atoms with van der Waals surface area (Å²) in [7, 11) is -4.23. The van der Waals surface area contributed by atoms with Crippen LogP contribution in [0.5, 0.6) is 0 Å². The lowest BCUT2D eigenvalue weighted by atomic mass is 9.53. The van der Waals surface area contributed by atoms with Gasteiger partial charge in [-0.3, -0.25) is 4.79 Å². The van der Waals surface area contributed by atoms with Crippen LogP contribution in [0.15, 0.2) is 35.7 Å². The second kappa shape index (κ2) is 7.23. The van der Waals surface area contributed by atoms with Crippen molar-refractivity contribution in [2.24, 2.45) is 17.8 Å². The first-order chi connectivity index (χ1) is 14.0. The predicted molar refractivity (Wildman–Crippen MR) is 104 cm³/mol. The lowest BCUT2D eigenvalue weighted by Crippen LogP contribution is -2.58. The summed E-state index contributed by atoms with van der Waals surface area (Å²) in [4.78, 5) is 24.3. The minimum absolute atomic E-state index is 0.152. The van der Waals surface area contributed by atoms with Gasteiger partial charge in [0.2, 0.25) is 10.0 Å². The molecule has 0 aliphatic heterocycles. The fraction of sp³-hybridized carbons (Fsp3) is 0.524. The first-order valence-electron chi connectivity index (χ1n) is 9.91. The summed E-state index contributed by atoms with van der Waals surface area (Å²) in [6, 6.07) is 5.51. The van der Waals surface area contributed by atoms with E-state index in [1.54, 1.807) is 4.72 Å². The van der Waals surface area contributed by atoms with Crippen LogP contribution in [0.25, 0.3) is 6.08 Å². The van der Waals surface area contributed by atoms with Gasteiger partial charge in [-0.05, 0) is 55.7 Å². The molecular weight excluding hydrogens is 416 g/mol. The standard InChI is InChI=1S/C21H23F2NO5S/c1-2-13-3-5-17(6-4-13)30(27,28)24-12-21(22,23)19(26)29-20-9-14-7-15(10-20)18(25)16(8-14)11-20/h2-6,14-16,24H,1,7-12H2. The van der Waals surface area contributed by atoms with Crippen molar-refractivity contribution in [2.75, 3.05) is 6.54 Å². The first kappa shape index (κ1) is 21.1. The summed E-state index contributed by atoms with van der Waals surface area (Å²) in [5.74, 6) is -5.87. The zero-order valence-electron chi connectivity index (χ0n) is 16.3. The molecule has 9 heteroatoms. The van der Waals surface area contributed by atoms with E-state index in [0.717, 1.165) is 12.8 Å². The van der Waals surface area contributed by atoms with E-state index in [4.69, 9.17) is 4.74 Å². The van der Waals surface area contributed by atoms with Crippen LogP contribution in [0.3, 0.4) is 0 Å². The zero-order valence-corrected chi connectivity index (χ0v) is 17.1. The molecule has 0 aromatic heterocycles. The second-order valence-corrected chi connectivity index (χ2v) is 10.4. The highest BCUT2D eigenvalue weighted by atomic mass is 32.2. The van der Waals surface area contributed by atoms with Crippen molar-refractivity contribution in [3.63, 3.8) is 0 Å². The zero-order chi connectivity index (χ0) is 21.7. The quantitative estimate of drug-likeness (QED) is 0.660. The number of ether oxygens (including phenoxy) is 1. The van der Waals surface area contributed by atoms with Crippen molar-refractivity contribution in [3.05, 3.63) is 36.4 Å². The third-order valence-electron chi connectivity index (χ3n) is 6.46. The summed E-state index contributed by atoms with van der Waals surface area (Å²) in [6.07, 6.45) is 4.03. The fourth-order valence-corrected chi connectivity index (χ4v) is 6.23. The highest BCUT2D eigenvalue weighted by Gasteiger charge is 2.58. The lowest BCUT2D eigenvalue weighted by Gasteiger charge is -2.54. The minimum Gasteiger partial charge on any atom is -0.455 e. The van der Waals surface area contributed by atoms with Gasteiger partial charge in [0.05, 0.1) is 11.4 Å². The molecule has 4 aliphatic carbocycles. The third kappa shape index (κ3) is 3.80. The van der Waals surface area contributed by atoms with Gasteiger partial charge in [-0.1, -0.05) is 24.8 Å². The van der Waals surface area contributed by atoms with Crippen LogP contribution in [-0.4, -0.2) is 38.2 Å². The Balaban J connectivity index is 1.41. The Morgan fingerprint density at radius 1 is 1.20 bits per heavy atom. The van der Waals surface area contributed by atoms with Crippen LogP contribution in [0.4, 0.5) is 8.78 Å². The molecule has 0 spiro atoms. The number of esters is 1. The Kier molecular flexibility index (Phi) is 5.09. The Morgan fingerprint density at radius 3 is 2.37 bits per heavy atom. The molecule has 0 radical (unpaired) electrons. The van der Waals surface area contributed by atoms with E-state index < -0.39 is 34.1 Å². The Morgan fingerprint density at radius 2 is 1.80 bits per heavy atom. The monoisotopic (exact) mass is 439 g/mol. The number of alkyl halides is 2. The SMILES string of the molecule is C=Cc1ccc(S(=O)(=O)NCC(F)(F)C(=O)OC23CC4CC(C2)C(=O)C(C4)C3)cc1. The summed E-state index contributed by atoms with van der Waals surface area (Å²) in [6.45, 7) is 2.16. The van der Waals surface area contributed by atoms with Crippen LogP contribution < -0.4 is 4.72 Å². The number of rotatable bonds is 7. The van der Waals surface area contributed by atoms with Gasteiger partial charge in [0.15, 0.2) is 0 Å². The molecule has 30 heavy (non-hydrogen) atoms. The van der Waals surface area contributed by atoms with Crippen LogP contribution in [0.2, 0.25) is 0 Å². The van der Waals surface area contributed by atoms with Gasteiger partial charge in [0.1, 0.15) is 11.4 Å². The molecule has 4 aliphatic rings. The van der Waals surface area contributed by atoms with E-state index in [1.165, 1.54) is 30.3 Å². The van der Waals surface area contributed by atoms with Gasteiger partial charge in [-0.25, -0.2) is 17.9 Å². The van der Waals surface area contributed by atoms with Crippen molar-refractivity contribution in [1.82, 2.24) is 4.72 Å². The van der Waals surface area contributed by atoms with Crippen LogP contribution >= 0.6 is 0 Å². The van der Waals surface area contributed by atoms with Crippen molar-refractivity contribution in [3.8, 4) is 0 Å². The normalized spacial score (nSPS) is 30.3. The maximum absolute atomic E-state index is 14.5. The predicted octanol–water partition coefficient (Wildman–Crippen LogP) is 2.93. The van der Waals surface area contributed by atoms with Crippen molar-refractivity contribution >= 4 is 27.9 Å². The van der Waals surface area contributed by atoms with Crippen molar-refractivity contribution in [1.29, 1.82) is 0 Å². The summed E-state index contributed by atoms with van der Waals surface area (Å²) in [5.41, 5.74) is -0.360. The van der Waals surface area contributed by atoms with Gasteiger partial charge < -0.3 is 4.74 Å².